The molecule has 0 saturated carbocycles. The Hall–Kier alpha value is -2.91. The maximum absolute atomic E-state index is 12.4. The Bertz CT molecular complexity index is 1360. The zero-order valence-electron chi connectivity index (χ0n) is 14.3. The Morgan fingerprint density at radius 2 is 2.00 bits per heavy atom. The van der Waals surface area contributed by atoms with Gasteiger partial charge in [-0.1, -0.05) is 45.9 Å². The summed E-state index contributed by atoms with van der Waals surface area (Å²) >= 11 is 4.78. The molecule has 0 spiro atoms. The first-order valence-corrected chi connectivity index (χ1v) is 10.2. The zero-order chi connectivity index (χ0) is 19.1. The van der Waals surface area contributed by atoms with Gasteiger partial charge in [0.1, 0.15) is 10.9 Å². The molecule has 0 saturated heterocycles. The highest BCUT2D eigenvalue weighted by Gasteiger charge is 2.13. The van der Waals surface area contributed by atoms with Crippen LogP contribution in [0, 0.1) is 0 Å². The first-order chi connectivity index (χ1) is 13.7. The average Bonchev–Trinajstić information content (AvgIpc) is 3.30. The van der Waals surface area contributed by atoms with Crippen LogP contribution in [0.25, 0.3) is 27.8 Å². The molecule has 0 bridgehead atoms. The number of oxazole rings is 1. The van der Waals surface area contributed by atoms with Gasteiger partial charge in [0.05, 0.1) is 17.6 Å². The van der Waals surface area contributed by atoms with Crippen LogP contribution in [0.2, 0.25) is 0 Å². The number of nitrogens with one attached hydrogen (secondary N) is 1. The fraction of sp³-hybridized carbons (Fsp3) is 0.0526. The minimum absolute atomic E-state index is 0.226. The molecule has 0 aliphatic carbocycles. The van der Waals surface area contributed by atoms with E-state index in [1.54, 1.807) is 4.68 Å². The van der Waals surface area contributed by atoms with Crippen molar-refractivity contribution in [2.75, 3.05) is 0 Å². The van der Waals surface area contributed by atoms with Gasteiger partial charge in [0, 0.05) is 4.47 Å². The van der Waals surface area contributed by atoms with E-state index in [-0.39, 0.29) is 5.56 Å². The molecule has 0 amide bonds. The number of hydrogen-bond acceptors (Lipinski definition) is 6. The Kier molecular flexibility index (Phi) is 4.25. The largest absolute Gasteiger partial charge is 0.440 e. The predicted molar refractivity (Wildman–Crippen MR) is 111 cm³/mol. The Morgan fingerprint density at radius 3 is 2.86 bits per heavy atom. The molecule has 5 rings (SSSR count). The van der Waals surface area contributed by atoms with Crippen LogP contribution < -0.4 is 5.56 Å². The summed E-state index contributed by atoms with van der Waals surface area (Å²) in [6.07, 6.45) is 1.53. The number of para-hydroxylation sites is 1. The van der Waals surface area contributed by atoms with Crippen LogP contribution in [0.3, 0.4) is 0 Å². The average molecular weight is 454 g/mol. The number of nitrogens with zero attached hydrogens (tertiary/aromatic N) is 4. The van der Waals surface area contributed by atoms with Crippen molar-refractivity contribution < 1.29 is 4.42 Å². The van der Waals surface area contributed by atoms with Crippen molar-refractivity contribution >= 4 is 49.8 Å². The van der Waals surface area contributed by atoms with Crippen molar-refractivity contribution in [2.45, 2.75) is 10.9 Å². The number of aromatic amines is 1. The van der Waals surface area contributed by atoms with E-state index in [0.717, 1.165) is 21.3 Å². The Labute approximate surface area is 170 Å². The van der Waals surface area contributed by atoms with E-state index in [4.69, 9.17) is 4.42 Å². The quantitative estimate of drug-likeness (QED) is 0.322. The molecule has 0 fully saturated rings. The molecule has 7 nitrogen and oxygen atoms in total. The second kappa shape index (κ2) is 6.92. The second-order valence-electron chi connectivity index (χ2n) is 6.01. The molecule has 0 unspecified atom stereocenters. The number of fused-ring (bicyclic) bond motifs is 2. The van der Waals surface area contributed by atoms with Crippen LogP contribution in [-0.4, -0.2) is 24.7 Å². The highest BCUT2D eigenvalue weighted by molar-refractivity contribution is 9.10. The zero-order valence-corrected chi connectivity index (χ0v) is 16.7. The van der Waals surface area contributed by atoms with Crippen molar-refractivity contribution in [1.82, 2.24) is 24.7 Å². The summed E-state index contributed by atoms with van der Waals surface area (Å²) in [5, 5.41) is 5.24. The number of rotatable bonds is 4. The normalized spacial score (nSPS) is 11.5. The molecule has 0 aliphatic heterocycles. The van der Waals surface area contributed by atoms with E-state index in [9.17, 15) is 4.79 Å². The van der Waals surface area contributed by atoms with Gasteiger partial charge in [0.25, 0.3) is 5.56 Å². The lowest BCUT2D eigenvalue weighted by molar-refractivity contribution is 0.556. The topological polar surface area (TPSA) is 89.6 Å². The molecular formula is C19H12BrN5O2S. The van der Waals surface area contributed by atoms with Crippen molar-refractivity contribution in [1.29, 1.82) is 0 Å². The summed E-state index contributed by atoms with van der Waals surface area (Å²) in [5.41, 5.74) is 2.63. The van der Waals surface area contributed by atoms with Gasteiger partial charge < -0.3 is 9.40 Å². The molecule has 1 N–H and O–H groups in total. The summed E-state index contributed by atoms with van der Waals surface area (Å²) in [6, 6.07) is 15.3. The maximum Gasteiger partial charge on any atom is 0.262 e. The van der Waals surface area contributed by atoms with Gasteiger partial charge in [0.2, 0.25) is 5.89 Å². The lowest BCUT2D eigenvalue weighted by Crippen LogP contribution is -2.09. The molecule has 28 heavy (non-hydrogen) atoms. The van der Waals surface area contributed by atoms with Gasteiger partial charge in [-0.2, -0.15) is 5.10 Å². The van der Waals surface area contributed by atoms with Crippen LogP contribution >= 0.6 is 27.7 Å². The first kappa shape index (κ1) is 17.2. The number of halogens is 1. The van der Waals surface area contributed by atoms with Crippen molar-refractivity contribution in [2.24, 2.45) is 0 Å². The fourth-order valence-electron chi connectivity index (χ4n) is 2.86. The molecule has 2 aromatic carbocycles. The third-order valence-electron chi connectivity index (χ3n) is 4.14. The summed E-state index contributed by atoms with van der Waals surface area (Å²) in [5.74, 6) is 1.01. The summed E-state index contributed by atoms with van der Waals surface area (Å²) in [6.45, 7) is 0. The molecule has 138 valence electrons. The van der Waals surface area contributed by atoms with E-state index in [1.165, 1.54) is 18.0 Å². The minimum Gasteiger partial charge on any atom is -0.440 e. The highest BCUT2D eigenvalue weighted by Crippen LogP contribution is 2.25. The third-order valence-corrected chi connectivity index (χ3v) is 5.49. The number of benzene rings is 2. The van der Waals surface area contributed by atoms with Crippen LogP contribution in [0.4, 0.5) is 0 Å². The van der Waals surface area contributed by atoms with Gasteiger partial charge in [-0.15, -0.1) is 0 Å². The van der Waals surface area contributed by atoms with Crippen molar-refractivity contribution in [3.05, 3.63) is 75.4 Å². The van der Waals surface area contributed by atoms with Gasteiger partial charge >= 0.3 is 0 Å². The van der Waals surface area contributed by atoms with E-state index < -0.39 is 0 Å². The molecule has 9 heteroatoms. The van der Waals surface area contributed by atoms with Gasteiger partial charge in [-0.05, 0) is 30.3 Å². The van der Waals surface area contributed by atoms with Crippen molar-refractivity contribution in [3.63, 3.8) is 0 Å². The molecule has 3 aromatic heterocycles. The number of aromatic nitrogens is 5. The summed E-state index contributed by atoms with van der Waals surface area (Å²) in [7, 11) is 0. The van der Waals surface area contributed by atoms with E-state index >= 15 is 0 Å². The minimum atomic E-state index is -0.226. The van der Waals surface area contributed by atoms with Gasteiger partial charge in [-0.3, -0.25) is 4.79 Å². The van der Waals surface area contributed by atoms with E-state index in [2.05, 4.69) is 36.0 Å². The monoisotopic (exact) mass is 453 g/mol. The SMILES string of the molecule is O=c1[nH]c(SCc2nc3cc(Br)ccc3o2)nc2c1cnn2-c1ccccc1. The number of thioether (sulfide) groups is 1. The molecule has 3 heterocycles. The second-order valence-corrected chi connectivity index (χ2v) is 7.89. The standard InChI is InChI=1S/C19H12BrN5O2S/c20-11-6-7-15-14(8-11)22-16(27-15)10-28-19-23-17-13(18(26)24-19)9-21-25(17)12-4-2-1-3-5-12/h1-9H,10H2,(H,23,24,26). The smallest absolute Gasteiger partial charge is 0.262 e. The van der Waals surface area contributed by atoms with E-state index in [0.29, 0.717) is 27.8 Å². The van der Waals surface area contributed by atoms with Crippen LogP contribution in [-0.2, 0) is 5.75 Å². The maximum atomic E-state index is 12.4. The van der Waals surface area contributed by atoms with Crippen LogP contribution in [0.1, 0.15) is 5.89 Å². The number of H-pyrrole nitrogens is 1. The lowest BCUT2D eigenvalue weighted by atomic mass is 10.3. The highest BCUT2D eigenvalue weighted by atomic mass is 79.9. The first-order valence-electron chi connectivity index (χ1n) is 8.38. The van der Waals surface area contributed by atoms with Gasteiger partial charge in [0.15, 0.2) is 16.4 Å². The molecular weight excluding hydrogens is 442 g/mol. The lowest BCUT2D eigenvalue weighted by Gasteiger charge is -2.03. The molecule has 0 aliphatic rings. The Morgan fingerprint density at radius 1 is 1.14 bits per heavy atom. The molecule has 0 atom stereocenters. The van der Waals surface area contributed by atoms with Crippen LogP contribution in [0.5, 0.6) is 0 Å². The third kappa shape index (κ3) is 3.12. The van der Waals surface area contributed by atoms with Crippen LogP contribution in [0.15, 0.2) is 73.6 Å². The fourth-order valence-corrected chi connectivity index (χ4v) is 3.91. The van der Waals surface area contributed by atoms with Gasteiger partial charge in [-0.25, -0.2) is 14.6 Å². The Balaban J connectivity index is 1.47. The van der Waals surface area contributed by atoms with E-state index in [1.807, 2.05) is 48.5 Å². The summed E-state index contributed by atoms with van der Waals surface area (Å²) in [4.78, 5) is 24.3. The number of hydrogen-bond donors (Lipinski definition) is 1. The predicted octanol–water partition coefficient (Wildman–Crippen LogP) is 4.30. The molecule has 0 radical (unpaired) electrons. The molecule has 5 aromatic rings. The van der Waals surface area contributed by atoms with Crippen molar-refractivity contribution in [3.8, 4) is 5.69 Å². The summed E-state index contributed by atoms with van der Waals surface area (Å²) < 4.78 is 8.35.